The number of hydrogen-bond donors (Lipinski definition) is 3. The summed E-state index contributed by atoms with van der Waals surface area (Å²) in [5.41, 5.74) is 1.45. The number of aromatic amines is 1. The molecule has 8 amide bonds. The Labute approximate surface area is 549 Å². The Morgan fingerprint density at radius 1 is 0.489 bits per heavy atom. The number of aromatic nitrogens is 2. The molecule has 2 heterocycles. The van der Waals surface area contributed by atoms with Crippen LogP contribution < -0.4 is 5.32 Å². The molecule has 22 nitrogen and oxygen atoms in total. The highest BCUT2D eigenvalue weighted by Gasteiger charge is 2.46. The van der Waals surface area contributed by atoms with Crippen LogP contribution in [0.3, 0.4) is 0 Å². The maximum atomic E-state index is 15.5. The zero-order valence-corrected chi connectivity index (χ0v) is 60.2. The summed E-state index contributed by atoms with van der Waals surface area (Å²) in [6, 6.07) is -2.09. The summed E-state index contributed by atoms with van der Waals surface area (Å²) in [4.78, 5) is 180. The van der Waals surface area contributed by atoms with Gasteiger partial charge in [-0.15, -0.1) is 0 Å². The number of fused-ring (bicyclic) bond motifs is 1. The van der Waals surface area contributed by atoms with Crippen LogP contribution in [0, 0.1) is 59.2 Å². The molecule has 92 heavy (non-hydrogen) atoms. The third-order valence-electron chi connectivity index (χ3n) is 18.8. The standard InChI is InChI=1S/C70H116N10O12/c1-25-48-36-58(83)61(62(84)44(14)35-59-72-50-28-26-27-29-51(50)73-59)80(24)70(92)60(43(12)13)79(23)69(91)55(33-41(8)9)78(22)68(90)54(32-40(6)7)77(21)64(86)46(16)71-63(85)45(15)34-56(81)52(30-38(2)3)76(20)67(89)49(42(10)11)37-57(82)53(31-39(4)5)75(19)65(87)47(17)74(18)66(48)88/h26-29,38-49,52-55,60-62,84H,25,30-37H2,1-24H3,(H,71,85)(H,72,73)/t44-,45+,46+,47-,48+,49-,52-,53+,54-,55-,60-,61+,62-/m1/s1. The summed E-state index contributed by atoms with van der Waals surface area (Å²) >= 11 is 0. The number of amides is 8. The number of carbonyl (C=O) groups is 11. The van der Waals surface area contributed by atoms with E-state index in [4.69, 9.17) is 4.98 Å². The van der Waals surface area contributed by atoms with E-state index in [9.17, 15) is 38.7 Å². The molecule has 13 atom stereocenters. The minimum Gasteiger partial charge on any atom is -0.390 e. The van der Waals surface area contributed by atoms with Crippen LogP contribution in [0.4, 0.5) is 0 Å². The van der Waals surface area contributed by atoms with E-state index in [1.807, 2.05) is 93.5 Å². The van der Waals surface area contributed by atoms with E-state index < -0.39 is 161 Å². The summed E-state index contributed by atoms with van der Waals surface area (Å²) in [6.45, 7) is 30.3. The quantitative estimate of drug-likeness (QED) is 0.161. The number of para-hydroxylation sites is 2. The monoisotopic (exact) mass is 1290 g/mol. The van der Waals surface area contributed by atoms with Gasteiger partial charge in [0, 0.05) is 92.8 Å². The third-order valence-corrected chi connectivity index (χ3v) is 18.8. The molecular weight excluding hydrogens is 1170 g/mol. The first-order chi connectivity index (χ1) is 42.6. The van der Waals surface area contributed by atoms with Gasteiger partial charge in [-0.05, 0) is 99.5 Å². The second kappa shape index (κ2) is 35.1. The van der Waals surface area contributed by atoms with Crippen molar-refractivity contribution in [3.8, 4) is 0 Å². The van der Waals surface area contributed by atoms with Crippen LogP contribution >= 0.6 is 0 Å². The number of rotatable bonds is 15. The van der Waals surface area contributed by atoms with Crippen molar-refractivity contribution in [1.29, 1.82) is 0 Å². The topological polar surface area (TPSA) is 271 Å². The fraction of sp³-hybridized carbons (Fsp3) is 0.743. The predicted molar refractivity (Wildman–Crippen MR) is 357 cm³/mol. The Morgan fingerprint density at radius 3 is 1.41 bits per heavy atom. The highest BCUT2D eigenvalue weighted by atomic mass is 16.3. The molecule has 0 aliphatic carbocycles. The first-order valence-corrected chi connectivity index (χ1v) is 33.5. The fourth-order valence-electron chi connectivity index (χ4n) is 12.8. The van der Waals surface area contributed by atoms with Gasteiger partial charge in [0.15, 0.2) is 17.3 Å². The number of likely N-dealkylation sites (N-methyl/N-ethyl adjacent to an activating group) is 7. The second-order valence-electron chi connectivity index (χ2n) is 29.0. The number of aliphatic hydroxyl groups is 1. The van der Waals surface area contributed by atoms with Gasteiger partial charge in [-0.1, -0.05) is 116 Å². The molecule has 1 aromatic carbocycles. The molecule has 22 heteroatoms. The van der Waals surface area contributed by atoms with Crippen molar-refractivity contribution in [2.45, 2.75) is 230 Å². The summed E-state index contributed by atoms with van der Waals surface area (Å²) < 4.78 is 0. The van der Waals surface area contributed by atoms with Crippen LogP contribution in [0.1, 0.15) is 175 Å². The molecule has 1 fully saturated rings. The van der Waals surface area contributed by atoms with E-state index in [0.29, 0.717) is 11.3 Å². The molecule has 0 radical (unpaired) electrons. The Balaban J connectivity index is 2.34. The first-order valence-electron chi connectivity index (χ1n) is 33.5. The van der Waals surface area contributed by atoms with E-state index in [2.05, 4.69) is 10.3 Å². The molecule has 518 valence electrons. The van der Waals surface area contributed by atoms with E-state index in [-0.39, 0.29) is 75.0 Å². The van der Waals surface area contributed by atoms with Gasteiger partial charge >= 0.3 is 0 Å². The lowest BCUT2D eigenvalue weighted by Crippen LogP contribution is -2.62. The van der Waals surface area contributed by atoms with Gasteiger partial charge in [-0.25, -0.2) is 4.98 Å². The van der Waals surface area contributed by atoms with Gasteiger partial charge in [0.25, 0.3) is 0 Å². The summed E-state index contributed by atoms with van der Waals surface area (Å²) in [7, 11) is 10.3. The molecule has 1 aromatic heterocycles. The number of benzene rings is 1. The highest BCUT2D eigenvalue weighted by Crippen LogP contribution is 2.30. The van der Waals surface area contributed by atoms with Gasteiger partial charge in [-0.3, -0.25) is 52.7 Å². The molecule has 0 bridgehead atoms. The number of hydrogen-bond acceptors (Lipinski definition) is 13. The van der Waals surface area contributed by atoms with Gasteiger partial charge in [0.05, 0.1) is 29.2 Å². The highest BCUT2D eigenvalue weighted by molar-refractivity contribution is 6.00. The average Bonchev–Trinajstić information content (AvgIpc) is 1.18. The number of nitrogens with zero attached hydrogens (tertiary/aromatic N) is 8. The maximum absolute atomic E-state index is 15.5. The number of aliphatic hydroxyl groups excluding tert-OH is 1. The number of ketones is 3. The lowest BCUT2D eigenvalue weighted by Gasteiger charge is -2.41. The van der Waals surface area contributed by atoms with Crippen LogP contribution in [-0.4, -0.2) is 218 Å². The van der Waals surface area contributed by atoms with Crippen molar-refractivity contribution in [1.82, 2.24) is 49.6 Å². The van der Waals surface area contributed by atoms with E-state index >= 15 is 19.2 Å². The molecular formula is C70H116N10O12. The molecule has 3 rings (SSSR count). The van der Waals surface area contributed by atoms with Crippen LogP contribution in [-0.2, 0) is 59.2 Å². The van der Waals surface area contributed by atoms with E-state index in [1.54, 1.807) is 34.6 Å². The predicted octanol–water partition coefficient (Wildman–Crippen LogP) is 7.08. The summed E-state index contributed by atoms with van der Waals surface area (Å²) in [5, 5.41) is 15.3. The molecule has 1 saturated heterocycles. The van der Waals surface area contributed by atoms with Crippen LogP contribution in [0.25, 0.3) is 11.0 Å². The largest absolute Gasteiger partial charge is 0.390 e. The van der Waals surface area contributed by atoms with E-state index in [1.165, 1.54) is 92.6 Å². The molecule has 0 unspecified atom stereocenters. The Kier molecular flexibility index (Phi) is 30.4. The number of nitrogens with one attached hydrogen (secondary N) is 2. The molecule has 3 N–H and O–H groups in total. The Hall–Kier alpha value is -6.58. The average molecular weight is 1290 g/mol. The van der Waals surface area contributed by atoms with Gasteiger partial charge in [0.2, 0.25) is 47.3 Å². The third kappa shape index (κ3) is 20.5. The van der Waals surface area contributed by atoms with Crippen molar-refractivity contribution in [2.75, 3.05) is 49.3 Å². The summed E-state index contributed by atoms with van der Waals surface area (Å²) in [5.74, 6) is -10.8. The molecule has 2 aromatic rings. The molecule has 0 saturated carbocycles. The van der Waals surface area contributed by atoms with Gasteiger partial charge in [0.1, 0.15) is 42.1 Å². The smallest absolute Gasteiger partial charge is 0.246 e. The van der Waals surface area contributed by atoms with Gasteiger partial charge < -0.3 is 49.7 Å². The molecule has 1 aliphatic heterocycles. The van der Waals surface area contributed by atoms with E-state index in [0.717, 1.165) is 10.4 Å². The van der Waals surface area contributed by atoms with Crippen molar-refractivity contribution < 1.29 is 57.8 Å². The number of H-pyrrole nitrogens is 1. The normalized spacial score (nSPS) is 26.8. The molecule has 1 aliphatic rings. The zero-order chi connectivity index (χ0) is 70.4. The Bertz CT molecular complexity index is 2850. The second-order valence-corrected chi connectivity index (χ2v) is 29.0. The lowest BCUT2D eigenvalue weighted by atomic mass is 9.84. The van der Waals surface area contributed by atoms with Crippen LogP contribution in [0.5, 0.6) is 0 Å². The number of carbonyl (C=O) groups excluding carboxylic acids is 11. The van der Waals surface area contributed by atoms with Crippen molar-refractivity contribution in [3.05, 3.63) is 30.1 Å². The fourth-order valence-corrected chi connectivity index (χ4v) is 12.8. The number of imidazole rings is 1. The maximum Gasteiger partial charge on any atom is 0.246 e. The van der Waals surface area contributed by atoms with Crippen molar-refractivity contribution in [2.24, 2.45) is 59.2 Å². The lowest BCUT2D eigenvalue weighted by molar-refractivity contribution is -0.157. The van der Waals surface area contributed by atoms with Crippen molar-refractivity contribution in [3.63, 3.8) is 0 Å². The zero-order valence-electron chi connectivity index (χ0n) is 60.2. The SMILES string of the molecule is CC[C@H]1CC(=O)[C@@H]([C@H](O)[C@H](C)Cc2nc3ccccc3[nH]2)N(C)C(=O)[C@@H](C(C)C)N(C)C(=O)[C@@H](CC(C)C)N(C)C(=O)[C@@H](CC(C)C)N(C)C(=O)[C@H](C)NC(=O)[C@@H](C)CC(=O)[C@@H](CC(C)C)N(C)C(=O)[C@@H](C(C)C)CC(=O)[C@H](CC(C)C)N(C)C(=O)[C@@H](C)N(C)C1=O. The molecule has 0 spiro atoms. The van der Waals surface area contributed by atoms with Gasteiger partial charge in [-0.2, -0.15) is 0 Å². The van der Waals surface area contributed by atoms with Crippen LogP contribution in [0.15, 0.2) is 24.3 Å². The Morgan fingerprint density at radius 2 is 0.935 bits per heavy atom. The van der Waals surface area contributed by atoms with Crippen LogP contribution in [0.2, 0.25) is 0 Å². The van der Waals surface area contributed by atoms with Crippen molar-refractivity contribution >= 4 is 75.6 Å². The summed E-state index contributed by atoms with van der Waals surface area (Å²) in [6.07, 6.45) is -1.53. The minimum absolute atomic E-state index is 0.0751. The first kappa shape index (κ1) is 79.7. The minimum atomic E-state index is -1.58. The number of Topliss-reactive ketones (excluding diaryl/α,β-unsaturated/α-hetero) is 3.